The van der Waals surface area contributed by atoms with Gasteiger partial charge in [-0.1, -0.05) is 0 Å². The summed E-state index contributed by atoms with van der Waals surface area (Å²) in [5.74, 6) is -0.690. The van der Waals surface area contributed by atoms with Crippen LogP contribution in [0.3, 0.4) is 0 Å². The van der Waals surface area contributed by atoms with Crippen molar-refractivity contribution in [3.05, 3.63) is 124 Å². The lowest BCUT2D eigenvalue weighted by atomic mass is 10.1. The van der Waals surface area contributed by atoms with Gasteiger partial charge in [-0.15, -0.1) is 5.73 Å². The number of carboxylic acids is 1. The molecule has 0 atom stereocenters. The number of aliphatic hydroxyl groups is 1. The molecule has 0 aliphatic carbocycles. The van der Waals surface area contributed by atoms with Crippen LogP contribution in [-0.4, -0.2) is 52.5 Å². The van der Waals surface area contributed by atoms with Crippen molar-refractivity contribution in [2.45, 2.75) is 6.92 Å². The first-order valence-electron chi connectivity index (χ1n) is 13.0. The number of pyridine rings is 2. The lowest BCUT2D eigenvalue weighted by Crippen LogP contribution is -2.16. The summed E-state index contributed by atoms with van der Waals surface area (Å²) in [4.78, 5) is 68.4. The monoisotopic (exact) mass is 594 g/mol. The number of aromatic amines is 4. The molecule has 0 fully saturated rings. The van der Waals surface area contributed by atoms with Gasteiger partial charge in [-0.25, -0.2) is 14.2 Å². The number of rotatable bonds is 7. The average Bonchev–Trinajstić information content (AvgIpc) is 3.50. The second kappa shape index (κ2) is 10.8. The van der Waals surface area contributed by atoms with Gasteiger partial charge in [0.2, 0.25) is 0 Å². The van der Waals surface area contributed by atoms with Crippen molar-refractivity contribution >= 4 is 40.2 Å². The van der Waals surface area contributed by atoms with Crippen molar-refractivity contribution in [1.29, 1.82) is 0 Å². The molecule has 6 aromatic rings. The Hall–Kier alpha value is -6.37. The fourth-order valence-corrected chi connectivity index (χ4v) is 4.83. The quantitative estimate of drug-likeness (QED) is 0.119. The van der Waals surface area contributed by atoms with Crippen LogP contribution in [0, 0.1) is 6.92 Å². The Bertz CT molecular complexity index is 2390. The number of aromatic nitrogens is 6. The highest BCUT2D eigenvalue weighted by Gasteiger charge is 2.16. The van der Waals surface area contributed by atoms with Crippen molar-refractivity contribution < 1.29 is 19.7 Å². The van der Waals surface area contributed by atoms with Crippen LogP contribution in [0.4, 0.5) is 0 Å². The minimum Gasteiger partial charge on any atom is -0.478 e. The first-order chi connectivity index (χ1) is 21.2. The fraction of sp³-hybridized carbons (Fsp3) is 0.0667. The molecular weight excluding hydrogens is 572 g/mol. The molecule has 2 aromatic carbocycles. The summed E-state index contributed by atoms with van der Waals surface area (Å²) in [7, 11) is 0. The molecule has 0 spiro atoms. The summed E-state index contributed by atoms with van der Waals surface area (Å²) in [6.45, 7) is 1.11. The van der Waals surface area contributed by atoms with Crippen molar-refractivity contribution in [3.63, 3.8) is 0 Å². The maximum absolute atomic E-state index is 13.2. The average molecular weight is 595 g/mol. The number of nitrogens with one attached hydrogen (secondary N) is 4. The Kier molecular flexibility index (Phi) is 6.82. The Morgan fingerprint density at radius 2 is 1.48 bits per heavy atom. The zero-order chi connectivity index (χ0) is 31.1. The molecule has 6 rings (SSSR count). The van der Waals surface area contributed by atoms with Gasteiger partial charge >= 0.3 is 5.97 Å². The Balaban J connectivity index is 1.36. The van der Waals surface area contributed by atoms with Gasteiger partial charge in [0.25, 0.3) is 22.2 Å². The van der Waals surface area contributed by atoms with E-state index in [2.05, 4.69) is 25.9 Å². The molecule has 14 nitrogen and oxygen atoms in total. The summed E-state index contributed by atoms with van der Waals surface area (Å²) in [6, 6.07) is 13.4. The van der Waals surface area contributed by atoms with E-state index in [-0.39, 0.29) is 38.8 Å². The van der Waals surface area contributed by atoms with Gasteiger partial charge in [-0.05, 0) is 79.2 Å². The second-order valence-electron chi connectivity index (χ2n) is 9.66. The van der Waals surface area contributed by atoms with E-state index < -0.39 is 35.0 Å². The summed E-state index contributed by atoms with van der Waals surface area (Å²) < 4.78 is 7.44. The van der Waals surface area contributed by atoms with Gasteiger partial charge in [0.05, 0.1) is 33.3 Å². The van der Waals surface area contributed by atoms with E-state index in [9.17, 15) is 24.0 Å². The molecule has 6 N–H and O–H groups in total. The summed E-state index contributed by atoms with van der Waals surface area (Å²) in [5.41, 5.74) is 2.78. The normalized spacial score (nSPS) is 11.0. The molecule has 0 radical (unpaired) electrons. The molecule has 0 bridgehead atoms. The number of ether oxygens (including phenoxy) is 1. The Labute approximate surface area is 244 Å². The molecule has 220 valence electrons. The van der Waals surface area contributed by atoms with Crippen molar-refractivity contribution in [3.8, 4) is 17.1 Å². The highest BCUT2D eigenvalue weighted by atomic mass is 16.6. The number of aliphatic hydroxyl groups excluding tert-OH is 1. The summed E-state index contributed by atoms with van der Waals surface area (Å²) >= 11 is 0. The van der Waals surface area contributed by atoms with E-state index >= 15 is 0 Å². The van der Waals surface area contributed by atoms with Crippen LogP contribution >= 0.6 is 0 Å². The summed E-state index contributed by atoms with van der Waals surface area (Å²) in [5, 5.41) is 24.1. The first-order valence-corrected chi connectivity index (χ1v) is 13.0. The molecule has 14 heteroatoms. The molecule has 0 saturated carbocycles. The van der Waals surface area contributed by atoms with Crippen LogP contribution in [0.1, 0.15) is 27.0 Å². The third kappa shape index (κ3) is 4.77. The lowest BCUT2D eigenvalue weighted by molar-refractivity contribution is 0.0696. The van der Waals surface area contributed by atoms with Gasteiger partial charge in [-0.2, -0.15) is 0 Å². The van der Waals surface area contributed by atoms with E-state index in [1.807, 2.05) is 0 Å². The Morgan fingerprint density at radius 1 is 0.864 bits per heavy atom. The van der Waals surface area contributed by atoms with Crippen molar-refractivity contribution in [1.82, 2.24) is 29.5 Å². The van der Waals surface area contributed by atoms with Crippen molar-refractivity contribution in [2.24, 2.45) is 0 Å². The number of hydrogen-bond acceptors (Lipinski definition) is 7. The van der Waals surface area contributed by atoms with E-state index in [1.165, 1.54) is 51.8 Å². The van der Waals surface area contributed by atoms with Crippen molar-refractivity contribution in [2.75, 3.05) is 6.79 Å². The third-order valence-electron chi connectivity index (χ3n) is 7.04. The van der Waals surface area contributed by atoms with Crippen LogP contribution in [0.15, 0.2) is 79.5 Å². The molecule has 0 aliphatic rings. The topological polar surface area (TPSA) is 208 Å². The fourth-order valence-electron chi connectivity index (χ4n) is 4.83. The van der Waals surface area contributed by atoms with Crippen LogP contribution in [-0.2, 0) is 0 Å². The SMILES string of the molecule is Cc1c(C=C=Cc2cc3c(=O)n(-c4ccc(OCO)cc4)[nH]c3[nH]c2=O)c(=O)[nH]c2[nH]n(-c3ccc(C(=O)O)cc3)c(=O)c12. The van der Waals surface area contributed by atoms with E-state index in [1.54, 1.807) is 31.2 Å². The Morgan fingerprint density at radius 3 is 2.14 bits per heavy atom. The van der Waals surface area contributed by atoms with Gasteiger partial charge in [0.15, 0.2) is 6.79 Å². The predicted molar refractivity (Wildman–Crippen MR) is 161 cm³/mol. The van der Waals surface area contributed by atoms with Crippen LogP contribution < -0.4 is 27.0 Å². The van der Waals surface area contributed by atoms with Crippen LogP contribution in [0.2, 0.25) is 0 Å². The maximum atomic E-state index is 13.2. The zero-order valence-corrected chi connectivity index (χ0v) is 22.8. The van der Waals surface area contributed by atoms with E-state index in [0.29, 0.717) is 22.7 Å². The molecule has 0 amide bonds. The highest BCUT2D eigenvalue weighted by molar-refractivity contribution is 5.88. The molecule has 4 heterocycles. The van der Waals surface area contributed by atoms with E-state index in [0.717, 1.165) is 0 Å². The summed E-state index contributed by atoms with van der Waals surface area (Å²) in [6.07, 6.45) is 2.65. The van der Waals surface area contributed by atoms with Gasteiger partial charge in [-0.3, -0.25) is 29.4 Å². The minimum atomic E-state index is -1.10. The largest absolute Gasteiger partial charge is 0.478 e. The lowest BCUT2D eigenvalue weighted by Gasteiger charge is -2.04. The van der Waals surface area contributed by atoms with Crippen LogP contribution in [0.5, 0.6) is 5.75 Å². The zero-order valence-electron chi connectivity index (χ0n) is 22.8. The number of aromatic carboxylic acids is 1. The number of fused-ring (bicyclic) bond motifs is 2. The molecule has 44 heavy (non-hydrogen) atoms. The highest BCUT2D eigenvalue weighted by Crippen LogP contribution is 2.17. The number of aryl methyl sites for hydroxylation is 1. The smallest absolute Gasteiger partial charge is 0.335 e. The van der Waals surface area contributed by atoms with Gasteiger partial charge in [0.1, 0.15) is 17.0 Å². The second-order valence-corrected chi connectivity index (χ2v) is 9.66. The number of H-pyrrole nitrogens is 4. The molecule has 0 saturated heterocycles. The number of hydrogen-bond donors (Lipinski definition) is 6. The predicted octanol–water partition coefficient (Wildman–Crippen LogP) is 1.99. The standard InChI is InChI=1S/C30H22N6O8/c1-15-21(27(39)32-25-23(15)29(41)36(34-25)18-7-5-16(6-8-18)30(42)43)4-2-3-17-13-22-24(31-26(17)38)33-35(28(22)40)19-9-11-20(12-10-19)44-14-37/h3-13,37H,14H2,1H3,(H,42,43)(H2,31,33,38)(H2,32,34,39). The van der Waals surface area contributed by atoms with Gasteiger partial charge < -0.3 is 24.9 Å². The molecular formula is C30H22N6O8. The molecule has 0 unspecified atom stereocenters. The maximum Gasteiger partial charge on any atom is 0.335 e. The van der Waals surface area contributed by atoms with Gasteiger partial charge in [0, 0.05) is 5.56 Å². The molecule has 0 aliphatic heterocycles. The first kappa shape index (κ1) is 27.8. The number of nitrogens with zero attached hydrogens (tertiary/aromatic N) is 2. The number of carboxylic acid groups (broad SMARTS) is 1. The number of benzene rings is 2. The minimum absolute atomic E-state index is 0.0574. The third-order valence-corrected chi connectivity index (χ3v) is 7.04. The van der Waals surface area contributed by atoms with E-state index in [4.69, 9.17) is 14.9 Å². The van der Waals surface area contributed by atoms with Crippen LogP contribution in [0.25, 0.3) is 45.6 Å². The number of carbonyl (C=O) groups is 1. The molecule has 4 aromatic heterocycles.